The minimum absolute atomic E-state index is 0.218. The van der Waals surface area contributed by atoms with E-state index in [4.69, 9.17) is 0 Å². The Morgan fingerprint density at radius 3 is 2.34 bits per heavy atom. The van der Waals surface area contributed by atoms with Crippen molar-refractivity contribution in [3.8, 4) is 0 Å². The van der Waals surface area contributed by atoms with Crippen LogP contribution in [0.5, 0.6) is 0 Å². The van der Waals surface area contributed by atoms with Gasteiger partial charge in [0.05, 0.1) is 4.90 Å². The Labute approximate surface area is 207 Å². The van der Waals surface area contributed by atoms with Crippen LogP contribution in [-0.4, -0.2) is 43.2 Å². The monoisotopic (exact) mass is 489 g/mol. The van der Waals surface area contributed by atoms with Crippen LogP contribution < -0.4 is 5.32 Å². The second kappa shape index (κ2) is 10.3. The van der Waals surface area contributed by atoms with Crippen molar-refractivity contribution in [3.05, 3.63) is 95.1 Å². The molecule has 1 N–H and O–H groups in total. The van der Waals surface area contributed by atoms with E-state index in [1.165, 1.54) is 15.4 Å². The lowest BCUT2D eigenvalue weighted by molar-refractivity contribution is 0.102. The predicted molar refractivity (Wildman–Crippen MR) is 138 cm³/mol. The molecule has 0 atom stereocenters. The number of nitrogens with one attached hydrogen (secondary N) is 1. The first-order valence-electron chi connectivity index (χ1n) is 12.3. The Balaban J connectivity index is 1.22. The Morgan fingerprint density at radius 1 is 0.829 bits per heavy atom. The summed E-state index contributed by atoms with van der Waals surface area (Å²) in [6.45, 7) is 3.90. The number of carbonyl (C=O) groups is 1. The molecule has 0 unspecified atom stereocenters. The summed E-state index contributed by atoms with van der Waals surface area (Å²) in [6.07, 6.45) is 3.89. The van der Waals surface area contributed by atoms with Gasteiger partial charge in [-0.05, 0) is 66.3 Å². The maximum atomic E-state index is 13.0. The normalized spacial score (nSPS) is 17.0. The number of rotatable bonds is 6. The lowest BCUT2D eigenvalue weighted by Crippen LogP contribution is -2.35. The number of piperidine rings is 1. The molecule has 0 radical (unpaired) electrons. The molecule has 2 heterocycles. The van der Waals surface area contributed by atoms with Gasteiger partial charge in [0.25, 0.3) is 5.91 Å². The first-order chi connectivity index (χ1) is 17.0. The van der Waals surface area contributed by atoms with Crippen LogP contribution >= 0.6 is 0 Å². The third kappa shape index (κ3) is 5.48. The van der Waals surface area contributed by atoms with Gasteiger partial charge in [-0.3, -0.25) is 9.69 Å². The molecule has 1 fully saturated rings. The topological polar surface area (TPSA) is 69.7 Å². The fourth-order valence-corrected chi connectivity index (χ4v) is 6.46. The van der Waals surface area contributed by atoms with E-state index < -0.39 is 10.0 Å². The molecule has 5 rings (SSSR count). The summed E-state index contributed by atoms with van der Waals surface area (Å²) in [7, 11) is -3.55. The van der Waals surface area contributed by atoms with Crippen LogP contribution in [0.4, 0.5) is 5.69 Å². The van der Waals surface area contributed by atoms with E-state index in [1.54, 1.807) is 24.3 Å². The molecule has 3 aromatic carbocycles. The van der Waals surface area contributed by atoms with Crippen molar-refractivity contribution in [3.63, 3.8) is 0 Å². The van der Waals surface area contributed by atoms with Crippen molar-refractivity contribution in [2.75, 3.05) is 25.0 Å². The van der Waals surface area contributed by atoms with Gasteiger partial charge in [0, 0.05) is 44.0 Å². The van der Waals surface area contributed by atoms with Gasteiger partial charge in [0.15, 0.2) is 0 Å². The lowest BCUT2D eigenvalue weighted by Gasteiger charge is -2.28. The zero-order chi connectivity index (χ0) is 24.3. The summed E-state index contributed by atoms with van der Waals surface area (Å²) >= 11 is 0. The number of carbonyl (C=O) groups excluding carboxylic acids is 1. The average molecular weight is 490 g/mol. The van der Waals surface area contributed by atoms with E-state index in [0.717, 1.165) is 50.9 Å². The van der Waals surface area contributed by atoms with E-state index >= 15 is 0 Å². The van der Waals surface area contributed by atoms with Crippen LogP contribution in [0, 0.1) is 0 Å². The number of nitrogens with zero attached hydrogens (tertiary/aromatic N) is 2. The number of fused-ring (bicyclic) bond motifs is 1. The molecule has 2 aliphatic heterocycles. The van der Waals surface area contributed by atoms with Crippen LogP contribution in [-0.2, 0) is 29.5 Å². The fraction of sp³-hybridized carbons (Fsp3) is 0.321. The van der Waals surface area contributed by atoms with Gasteiger partial charge in [0.2, 0.25) is 10.0 Å². The molecule has 1 amide bonds. The zero-order valence-electron chi connectivity index (χ0n) is 19.8. The quantitative estimate of drug-likeness (QED) is 0.546. The van der Waals surface area contributed by atoms with Crippen molar-refractivity contribution in [1.29, 1.82) is 0 Å². The first-order valence-corrected chi connectivity index (χ1v) is 13.7. The van der Waals surface area contributed by atoms with E-state index in [1.807, 2.05) is 24.3 Å². The Bertz CT molecular complexity index is 1300. The standard InChI is InChI=1S/C28H31N3O3S/c32-28(29-26-9-6-10-27(19-26)35(33,34)31-16-4-1-5-17-31)24-13-11-22(12-14-24)20-30-18-15-23-7-2-3-8-25(23)21-30/h2-3,6-14,19H,1,4-5,15-18,20-21H2,(H,29,32). The second-order valence-electron chi connectivity index (χ2n) is 9.37. The Morgan fingerprint density at radius 2 is 1.57 bits per heavy atom. The van der Waals surface area contributed by atoms with Crippen molar-refractivity contribution < 1.29 is 13.2 Å². The van der Waals surface area contributed by atoms with Gasteiger partial charge < -0.3 is 5.32 Å². The average Bonchev–Trinajstić information content (AvgIpc) is 2.90. The molecule has 0 aliphatic carbocycles. The highest BCUT2D eigenvalue weighted by Crippen LogP contribution is 2.24. The number of hydrogen-bond acceptors (Lipinski definition) is 4. The maximum absolute atomic E-state index is 13.0. The molecule has 0 saturated carbocycles. The summed E-state index contributed by atoms with van der Waals surface area (Å²) in [4.78, 5) is 15.5. The number of benzene rings is 3. The van der Waals surface area contributed by atoms with Crippen molar-refractivity contribution >= 4 is 21.6 Å². The van der Waals surface area contributed by atoms with E-state index in [0.29, 0.717) is 24.3 Å². The minimum Gasteiger partial charge on any atom is -0.322 e. The van der Waals surface area contributed by atoms with Crippen LogP contribution in [0.2, 0.25) is 0 Å². The summed E-state index contributed by atoms with van der Waals surface area (Å²) in [5.74, 6) is -0.254. The summed E-state index contributed by atoms with van der Waals surface area (Å²) in [6, 6.07) is 22.8. The minimum atomic E-state index is -3.55. The highest BCUT2D eigenvalue weighted by Gasteiger charge is 2.26. The third-order valence-electron chi connectivity index (χ3n) is 6.88. The van der Waals surface area contributed by atoms with Gasteiger partial charge in [-0.25, -0.2) is 8.42 Å². The molecule has 7 heteroatoms. The number of sulfonamides is 1. The molecular formula is C28H31N3O3S. The Kier molecular flexibility index (Phi) is 7.00. The molecule has 0 bridgehead atoms. The molecule has 0 spiro atoms. The summed E-state index contributed by atoms with van der Waals surface area (Å²) in [5.41, 5.74) is 5.00. The Hall–Kier alpha value is -3.00. The zero-order valence-corrected chi connectivity index (χ0v) is 20.6. The number of anilines is 1. The van der Waals surface area contributed by atoms with Gasteiger partial charge in [-0.2, -0.15) is 4.31 Å². The summed E-state index contributed by atoms with van der Waals surface area (Å²) < 4.78 is 27.5. The lowest BCUT2D eigenvalue weighted by atomic mass is 9.99. The highest BCUT2D eigenvalue weighted by molar-refractivity contribution is 7.89. The number of amides is 1. The van der Waals surface area contributed by atoms with Crippen molar-refractivity contribution in [1.82, 2.24) is 9.21 Å². The third-order valence-corrected chi connectivity index (χ3v) is 8.77. The smallest absolute Gasteiger partial charge is 0.255 e. The first kappa shape index (κ1) is 23.7. The molecule has 6 nitrogen and oxygen atoms in total. The van der Waals surface area contributed by atoms with Gasteiger partial charge in [-0.15, -0.1) is 0 Å². The van der Waals surface area contributed by atoms with Crippen molar-refractivity contribution in [2.45, 2.75) is 43.7 Å². The van der Waals surface area contributed by atoms with Crippen molar-refractivity contribution in [2.24, 2.45) is 0 Å². The van der Waals surface area contributed by atoms with Gasteiger partial charge in [-0.1, -0.05) is 48.9 Å². The molecule has 3 aromatic rings. The molecule has 1 saturated heterocycles. The van der Waals surface area contributed by atoms with E-state index in [-0.39, 0.29) is 10.8 Å². The molecule has 182 valence electrons. The molecule has 35 heavy (non-hydrogen) atoms. The SMILES string of the molecule is O=C(Nc1cccc(S(=O)(=O)N2CCCCC2)c1)c1ccc(CN2CCc3ccccc3C2)cc1. The largest absolute Gasteiger partial charge is 0.322 e. The van der Waals surface area contributed by atoms with Crippen LogP contribution in [0.15, 0.2) is 77.7 Å². The van der Waals surface area contributed by atoms with Crippen LogP contribution in [0.1, 0.15) is 46.3 Å². The van der Waals surface area contributed by atoms with E-state index in [9.17, 15) is 13.2 Å². The van der Waals surface area contributed by atoms with Crippen LogP contribution in [0.3, 0.4) is 0 Å². The van der Waals surface area contributed by atoms with Gasteiger partial charge >= 0.3 is 0 Å². The van der Waals surface area contributed by atoms with Gasteiger partial charge in [0.1, 0.15) is 0 Å². The van der Waals surface area contributed by atoms with Crippen LogP contribution in [0.25, 0.3) is 0 Å². The molecule has 0 aromatic heterocycles. The molecule has 2 aliphatic rings. The second-order valence-corrected chi connectivity index (χ2v) is 11.3. The van der Waals surface area contributed by atoms with E-state index in [2.05, 4.69) is 34.5 Å². The number of hydrogen-bond donors (Lipinski definition) is 1. The summed E-state index contributed by atoms with van der Waals surface area (Å²) in [5, 5.41) is 2.85. The predicted octanol–water partition coefficient (Wildman–Crippen LogP) is 4.67. The highest BCUT2D eigenvalue weighted by atomic mass is 32.2. The maximum Gasteiger partial charge on any atom is 0.255 e. The fourth-order valence-electron chi connectivity index (χ4n) is 4.90. The molecular weight excluding hydrogens is 458 g/mol.